The molecule has 27 heavy (non-hydrogen) atoms. The van der Waals surface area contributed by atoms with E-state index in [1.807, 2.05) is 51.1 Å². The van der Waals surface area contributed by atoms with Crippen LogP contribution in [0.3, 0.4) is 0 Å². The molecule has 138 valence electrons. The van der Waals surface area contributed by atoms with Gasteiger partial charge in [-0.25, -0.2) is 9.78 Å². The molecule has 0 radical (unpaired) electrons. The van der Waals surface area contributed by atoms with Gasteiger partial charge < -0.3 is 9.52 Å². The zero-order chi connectivity index (χ0) is 19.4. The number of phenolic OH excluding ortho intramolecular Hbond substituents is 1. The molecule has 1 N–H and O–H groups in total. The van der Waals surface area contributed by atoms with Crippen LogP contribution in [-0.2, 0) is 6.42 Å². The number of aryl methyl sites for hydroxylation is 1. The lowest BCUT2D eigenvalue weighted by Gasteiger charge is -2.01. The van der Waals surface area contributed by atoms with Crippen LogP contribution in [0.15, 0.2) is 63.8 Å². The minimum atomic E-state index is -0.396. The van der Waals surface area contributed by atoms with E-state index >= 15 is 0 Å². The molecule has 2 aromatic carbocycles. The Hall–Kier alpha value is -2.92. The number of phenols is 1. The van der Waals surface area contributed by atoms with Crippen LogP contribution in [0.1, 0.15) is 29.3 Å². The summed E-state index contributed by atoms with van der Waals surface area (Å²) in [6, 6.07) is 16.6. The molecule has 5 heteroatoms. The highest BCUT2D eigenvalue weighted by molar-refractivity contribution is 7.12. The molecule has 0 amide bonds. The van der Waals surface area contributed by atoms with Crippen LogP contribution in [0.4, 0.5) is 0 Å². The fourth-order valence-corrected chi connectivity index (χ4v) is 3.80. The topological polar surface area (TPSA) is 63.3 Å². The van der Waals surface area contributed by atoms with Crippen molar-refractivity contribution in [1.29, 1.82) is 0 Å². The van der Waals surface area contributed by atoms with Gasteiger partial charge in [-0.15, -0.1) is 11.3 Å². The van der Waals surface area contributed by atoms with Crippen molar-refractivity contribution in [2.45, 2.75) is 27.2 Å². The smallest absolute Gasteiger partial charge is 0.339 e. The first-order valence-corrected chi connectivity index (χ1v) is 9.69. The molecule has 0 spiro atoms. The highest BCUT2D eigenvalue weighted by Gasteiger charge is 2.13. The first kappa shape index (κ1) is 18.9. The van der Waals surface area contributed by atoms with Crippen molar-refractivity contribution in [2.75, 3.05) is 0 Å². The van der Waals surface area contributed by atoms with Gasteiger partial charge in [0.15, 0.2) is 0 Å². The van der Waals surface area contributed by atoms with Crippen molar-refractivity contribution < 1.29 is 9.52 Å². The Bertz CT molecular complexity index is 1110. The summed E-state index contributed by atoms with van der Waals surface area (Å²) in [4.78, 5) is 18.1. The normalized spacial score (nSPS) is 10.5. The molecule has 0 atom stereocenters. The SMILES string of the molecule is CC.Cc1sc(Cc2cc3ccc(O)cc3oc2=O)nc1-c1ccccc1. The van der Waals surface area contributed by atoms with E-state index in [1.165, 1.54) is 6.07 Å². The summed E-state index contributed by atoms with van der Waals surface area (Å²) in [5.41, 5.74) is 2.58. The van der Waals surface area contributed by atoms with Crippen LogP contribution in [0.25, 0.3) is 22.2 Å². The Labute approximate surface area is 161 Å². The summed E-state index contributed by atoms with van der Waals surface area (Å²) in [5.74, 6) is 0.0754. The Morgan fingerprint density at radius 3 is 2.56 bits per heavy atom. The first-order chi connectivity index (χ1) is 13.1. The maximum absolute atomic E-state index is 12.2. The molecule has 0 aliphatic heterocycles. The monoisotopic (exact) mass is 379 g/mol. The van der Waals surface area contributed by atoms with E-state index < -0.39 is 5.63 Å². The van der Waals surface area contributed by atoms with Gasteiger partial charge in [-0.05, 0) is 25.1 Å². The van der Waals surface area contributed by atoms with Crippen LogP contribution >= 0.6 is 11.3 Å². The van der Waals surface area contributed by atoms with Gasteiger partial charge in [0.25, 0.3) is 0 Å². The average molecular weight is 379 g/mol. The lowest BCUT2D eigenvalue weighted by atomic mass is 10.1. The zero-order valence-corrected chi connectivity index (χ0v) is 16.3. The van der Waals surface area contributed by atoms with E-state index in [2.05, 4.69) is 0 Å². The third kappa shape index (κ3) is 4.09. The first-order valence-electron chi connectivity index (χ1n) is 8.87. The molecule has 2 heterocycles. The number of benzene rings is 2. The maximum atomic E-state index is 12.2. The second-order valence-electron chi connectivity index (χ2n) is 5.84. The van der Waals surface area contributed by atoms with Crippen LogP contribution < -0.4 is 5.63 Å². The molecule has 0 aliphatic rings. The van der Waals surface area contributed by atoms with E-state index in [4.69, 9.17) is 9.40 Å². The molecular weight excluding hydrogens is 358 g/mol. The largest absolute Gasteiger partial charge is 0.508 e. The van der Waals surface area contributed by atoms with Crippen LogP contribution in [0.2, 0.25) is 0 Å². The standard InChI is InChI=1S/C20H15NO3S.C2H6/c1-12-19(13-5-3-2-4-6-13)21-18(25-12)10-15-9-14-7-8-16(22)11-17(14)24-20(15)23;1-2/h2-9,11,22H,10H2,1H3;1-2H3. The number of fused-ring (bicyclic) bond motifs is 1. The highest BCUT2D eigenvalue weighted by Crippen LogP contribution is 2.28. The van der Waals surface area contributed by atoms with Gasteiger partial charge >= 0.3 is 5.63 Å². The van der Waals surface area contributed by atoms with Gasteiger partial charge in [0.05, 0.1) is 10.7 Å². The van der Waals surface area contributed by atoms with Crippen molar-refractivity contribution in [3.63, 3.8) is 0 Å². The van der Waals surface area contributed by atoms with E-state index in [1.54, 1.807) is 29.5 Å². The van der Waals surface area contributed by atoms with E-state index in [0.717, 1.165) is 26.5 Å². The lowest BCUT2D eigenvalue weighted by Crippen LogP contribution is -2.07. The number of rotatable bonds is 3. The maximum Gasteiger partial charge on any atom is 0.339 e. The Kier molecular flexibility index (Phi) is 5.72. The van der Waals surface area contributed by atoms with Crippen molar-refractivity contribution in [1.82, 2.24) is 4.98 Å². The third-order valence-corrected chi connectivity index (χ3v) is 4.99. The number of thiazole rings is 1. The fourth-order valence-electron chi connectivity index (χ4n) is 2.82. The number of aromatic hydroxyl groups is 1. The lowest BCUT2D eigenvalue weighted by molar-refractivity contribution is 0.473. The zero-order valence-electron chi connectivity index (χ0n) is 15.5. The summed E-state index contributed by atoms with van der Waals surface area (Å²) in [6.07, 6.45) is 0.428. The fraction of sp³-hybridized carbons (Fsp3) is 0.182. The molecule has 4 aromatic rings. The molecule has 0 saturated heterocycles. The molecule has 2 aromatic heterocycles. The predicted molar refractivity (Wildman–Crippen MR) is 111 cm³/mol. The van der Waals surface area contributed by atoms with Gasteiger partial charge in [-0.2, -0.15) is 0 Å². The van der Waals surface area contributed by atoms with Gasteiger partial charge in [0.2, 0.25) is 0 Å². The van der Waals surface area contributed by atoms with Crippen molar-refractivity contribution in [3.05, 3.63) is 80.5 Å². The number of hydrogen-bond donors (Lipinski definition) is 1. The van der Waals surface area contributed by atoms with Gasteiger partial charge in [-0.1, -0.05) is 44.2 Å². The predicted octanol–water partition coefficient (Wildman–Crippen LogP) is 5.55. The summed E-state index contributed by atoms with van der Waals surface area (Å²) in [5, 5.41) is 11.2. The molecule has 0 saturated carbocycles. The molecule has 4 nitrogen and oxygen atoms in total. The number of hydrogen-bond acceptors (Lipinski definition) is 5. The van der Waals surface area contributed by atoms with E-state index in [9.17, 15) is 9.90 Å². The van der Waals surface area contributed by atoms with Crippen molar-refractivity contribution >= 4 is 22.3 Å². The second-order valence-corrected chi connectivity index (χ2v) is 7.12. The van der Waals surface area contributed by atoms with Gasteiger partial charge in [0.1, 0.15) is 11.3 Å². The number of aromatic nitrogens is 1. The Morgan fingerprint density at radius 1 is 1.07 bits per heavy atom. The average Bonchev–Trinajstić information content (AvgIpc) is 3.05. The summed E-state index contributed by atoms with van der Waals surface area (Å²) in [6.45, 7) is 6.04. The Morgan fingerprint density at radius 2 is 1.81 bits per heavy atom. The molecule has 0 aliphatic carbocycles. The Balaban J connectivity index is 0.00000102. The minimum Gasteiger partial charge on any atom is -0.508 e. The van der Waals surface area contributed by atoms with E-state index in [-0.39, 0.29) is 5.75 Å². The third-order valence-electron chi connectivity index (χ3n) is 4.02. The molecule has 4 rings (SSSR count). The van der Waals surface area contributed by atoms with Gasteiger partial charge in [0, 0.05) is 33.9 Å². The minimum absolute atomic E-state index is 0.0754. The molecular formula is C22H21NO3S. The van der Waals surface area contributed by atoms with Crippen LogP contribution in [0, 0.1) is 6.92 Å². The van der Waals surface area contributed by atoms with Crippen LogP contribution in [-0.4, -0.2) is 10.1 Å². The highest BCUT2D eigenvalue weighted by atomic mass is 32.1. The quantitative estimate of drug-likeness (QED) is 0.474. The van der Waals surface area contributed by atoms with E-state index in [0.29, 0.717) is 17.6 Å². The second kappa shape index (κ2) is 8.18. The van der Waals surface area contributed by atoms with Crippen molar-refractivity contribution in [3.8, 4) is 17.0 Å². The summed E-state index contributed by atoms with van der Waals surface area (Å²) in [7, 11) is 0. The van der Waals surface area contributed by atoms with Crippen LogP contribution in [0.5, 0.6) is 5.75 Å². The van der Waals surface area contributed by atoms with Gasteiger partial charge in [-0.3, -0.25) is 0 Å². The molecule has 0 unspecified atom stereocenters. The molecule has 0 bridgehead atoms. The van der Waals surface area contributed by atoms with Crippen molar-refractivity contribution in [2.24, 2.45) is 0 Å². The molecule has 0 fully saturated rings. The number of nitrogens with zero attached hydrogens (tertiary/aromatic N) is 1. The summed E-state index contributed by atoms with van der Waals surface area (Å²) < 4.78 is 5.33. The summed E-state index contributed by atoms with van der Waals surface area (Å²) >= 11 is 1.59.